The van der Waals surface area contributed by atoms with E-state index < -0.39 is 5.41 Å². The van der Waals surface area contributed by atoms with Crippen LogP contribution in [0.3, 0.4) is 0 Å². The molecule has 4 aromatic carbocycles. The lowest BCUT2D eigenvalue weighted by molar-refractivity contribution is -0.142. The average Bonchev–Trinajstić information content (AvgIpc) is 2.92. The maximum absolute atomic E-state index is 13.5. The van der Waals surface area contributed by atoms with Crippen LogP contribution in [-0.2, 0) is 9.59 Å². The topological polar surface area (TPSA) is 58.2 Å². The number of benzene rings is 4. The van der Waals surface area contributed by atoms with Crippen LogP contribution in [0.4, 0.5) is 0 Å². The number of nitrogens with one attached hydrogen (secondary N) is 2. The first-order valence-electron chi connectivity index (χ1n) is 11.8. The van der Waals surface area contributed by atoms with E-state index >= 15 is 0 Å². The SMILES string of the molecule is CC(C)(C(=O)NC(c1ccccc1)c1ccccc1)C(=O)NC(c1ccccc1)c1ccccc1. The molecule has 0 aliphatic carbocycles. The minimum atomic E-state index is -1.30. The van der Waals surface area contributed by atoms with E-state index in [2.05, 4.69) is 10.6 Å². The summed E-state index contributed by atoms with van der Waals surface area (Å²) in [4.78, 5) is 27.1. The molecule has 0 bridgehead atoms. The van der Waals surface area contributed by atoms with Crippen LogP contribution in [0.2, 0.25) is 0 Å². The number of carbonyl (C=O) groups is 2. The Bertz CT molecular complexity index is 1060. The van der Waals surface area contributed by atoms with E-state index in [4.69, 9.17) is 0 Å². The number of hydrogen-bond donors (Lipinski definition) is 2. The molecule has 0 heterocycles. The summed E-state index contributed by atoms with van der Waals surface area (Å²) in [5.74, 6) is -0.680. The summed E-state index contributed by atoms with van der Waals surface area (Å²) >= 11 is 0. The van der Waals surface area contributed by atoms with Crippen molar-refractivity contribution in [2.75, 3.05) is 0 Å². The number of rotatable bonds is 8. The van der Waals surface area contributed by atoms with Crippen molar-refractivity contribution in [3.63, 3.8) is 0 Å². The fourth-order valence-electron chi connectivity index (χ4n) is 4.03. The lowest BCUT2D eigenvalue weighted by Crippen LogP contribution is -2.49. The second-order valence-electron chi connectivity index (χ2n) is 9.08. The van der Waals surface area contributed by atoms with Gasteiger partial charge in [-0.3, -0.25) is 9.59 Å². The summed E-state index contributed by atoms with van der Waals surface area (Å²) in [5, 5.41) is 6.25. The molecule has 2 amide bonds. The predicted octanol–water partition coefficient (Wildman–Crippen LogP) is 5.82. The Balaban J connectivity index is 1.58. The monoisotopic (exact) mass is 462 g/mol. The van der Waals surface area contributed by atoms with Crippen molar-refractivity contribution in [1.82, 2.24) is 10.6 Å². The van der Waals surface area contributed by atoms with Crippen LogP contribution < -0.4 is 10.6 Å². The van der Waals surface area contributed by atoms with Crippen molar-refractivity contribution in [2.45, 2.75) is 25.9 Å². The van der Waals surface area contributed by atoms with Gasteiger partial charge in [0.1, 0.15) is 5.41 Å². The highest BCUT2D eigenvalue weighted by Crippen LogP contribution is 2.27. The third kappa shape index (κ3) is 5.67. The van der Waals surface area contributed by atoms with Gasteiger partial charge in [0.2, 0.25) is 11.8 Å². The van der Waals surface area contributed by atoms with Crippen molar-refractivity contribution in [2.24, 2.45) is 5.41 Å². The Labute approximate surface area is 207 Å². The van der Waals surface area contributed by atoms with E-state index in [1.165, 1.54) is 0 Å². The first-order chi connectivity index (χ1) is 17.0. The fourth-order valence-corrected chi connectivity index (χ4v) is 4.03. The largest absolute Gasteiger partial charge is 0.344 e. The molecule has 0 radical (unpaired) electrons. The van der Waals surface area contributed by atoms with Gasteiger partial charge in [0.05, 0.1) is 12.1 Å². The normalized spacial score (nSPS) is 11.3. The number of carbonyl (C=O) groups excluding carboxylic acids is 2. The Hall–Kier alpha value is -4.18. The fraction of sp³-hybridized carbons (Fsp3) is 0.161. The highest BCUT2D eigenvalue weighted by Gasteiger charge is 2.38. The molecule has 4 nitrogen and oxygen atoms in total. The molecule has 4 heteroatoms. The maximum atomic E-state index is 13.5. The predicted molar refractivity (Wildman–Crippen MR) is 140 cm³/mol. The first kappa shape index (κ1) is 24.0. The molecule has 4 aromatic rings. The first-order valence-corrected chi connectivity index (χ1v) is 11.8. The van der Waals surface area contributed by atoms with E-state index in [0.717, 1.165) is 22.3 Å². The molecule has 0 fully saturated rings. The number of amides is 2. The zero-order chi connectivity index (χ0) is 24.7. The Morgan fingerprint density at radius 3 is 0.943 bits per heavy atom. The van der Waals surface area contributed by atoms with Gasteiger partial charge in [-0.25, -0.2) is 0 Å². The van der Waals surface area contributed by atoms with Crippen LogP contribution in [-0.4, -0.2) is 11.8 Å². The van der Waals surface area contributed by atoms with Gasteiger partial charge in [0.25, 0.3) is 0 Å². The lowest BCUT2D eigenvalue weighted by atomic mass is 9.88. The second kappa shape index (κ2) is 10.8. The van der Waals surface area contributed by atoms with Crippen molar-refractivity contribution in [1.29, 1.82) is 0 Å². The highest BCUT2D eigenvalue weighted by atomic mass is 16.2. The standard InChI is InChI=1S/C31H30N2O2/c1-31(2,29(34)32-27(23-15-7-3-8-16-23)24-17-9-4-10-18-24)30(35)33-28(25-19-11-5-12-20-25)26-21-13-6-14-22-26/h3-22,27-28H,1-2H3,(H,32,34)(H,33,35). The summed E-state index contributed by atoms with van der Waals surface area (Å²) in [6, 6.07) is 38.4. The van der Waals surface area contributed by atoms with Crippen LogP contribution >= 0.6 is 0 Å². The van der Waals surface area contributed by atoms with Gasteiger partial charge in [-0.2, -0.15) is 0 Å². The molecular formula is C31H30N2O2. The quantitative estimate of drug-likeness (QED) is 0.324. The summed E-state index contributed by atoms with van der Waals surface area (Å²) in [6.45, 7) is 3.33. The molecule has 0 atom stereocenters. The van der Waals surface area contributed by atoms with E-state index in [0.29, 0.717) is 0 Å². The van der Waals surface area contributed by atoms with Crippen molar-refractivity contribution < 1.29 is 9.59 Å². The summed E-state index contributed by atoms with van der Waals surface area (Å²) in [7, 11) is 0. The molecule has 0 aliphatic rings. The zero-order valence-electron chi connectivity index (χ0n) is 20.0. The minimum Gasteiger partial charge on any atom is -0.344 e. The molecule has 0 saturated heterocycles. The van der Waals surface area contributed by atoms with Gasteiger partial charge in [-0.1, -0.05) is 121 Å². The third-order valence-corrected chi connectivity index (χ3v) is 6.22. The van der Waals surface area contributed by atoms with Gasteiger partial charge in [-0.15, -0.1) is 0 Å². The Kier molecular flexibility index (Phi) is 7.41. The molecule has 4 rings (SSSR count). The van der Waals surface area contributed by atoms with Gasteiger partial charge >= 0.3 is 0 Å². The van der Waals surface area contributed by atoms with E-state index in [-0.39, 0.29) is 23.9 Å². The van der Waals surface area contributed by atoms with Crippen LogP contribution in [0.1, 0.15) is 48.2 Å². The zero-order valence-corrected chi connectivity index (χ0v) is 20.0. The van der Waals surface area contributed by atoms with Gasteiger partial charge in [0, 0.05) is 0 Å². The van der Waals surface area contributed by atoms with E-state index in [1.807, 2.05) is 121 Å². The minimum absolute atomic E-state index is 0.340. The van der Waals surface area contributed by atoms with Crippen molar-refractivity contribution >= 4 is 11.8 Å². The Morgan fingerprint density at radius 2 is 0.714 bits per heavy atom. The molecule has 0 spiro atoms. The molecule has 2 N–H and O–H groups in total. The van der Waals surface area contributed by atoms with Crippen molar-refractivity contribution in [3.8, 4) is 0 Å². The van der Waals surface area contributed by atoms with E-state index in [1.54, 1.807) is 13.8 Å². The van der Waals surface area contributed by atoms with Crippen LogP contribution in [0.5, 0.6) is 0 Å². The lowest BCUT2D eigenvalue weighted by Gasteiger charge is -2.29. The third-order valence-electron chi connectivity index (χ3n) is 6.22. The molecule has 35 heavy (non-hydrogen) atoms. The molecule has 176 valence electrons. The maximum Gasteiger partial charge on any atom is 0.235 e. The van der Waals surface area contributed by atoms with Gasteiger partial charge in [0.15, 0.2) is 0 Å². The van der Waals surface area contributed by atoms with Gasteiger partial charge < -0.3 is 10.6 Å². The highest BCUT2D eigenvalue weighted by molar-refractivity contribution is 6.04. The molecule has 0 aliphatic heterocycles. The number of hydrogen-bond acceptors (Lipinski definition) is 2. The molecule has 0 aromatic heterocycles. The smallest absolute Gasteiger partial charge is 0.235 e. The summed E-state index contributed by atoms with van der Waals surface area (Å²) in [5.41, 5.74) is 2.51. The molecular weight excluding hydrogens is 432 g/mol. The summed E-state index contributed by atoms with van der Waals surface area (Å²) < 4.78 is 0. The van der Waals surface area contributed by atoms with Crippen LogP contribution in [0, 0.1) is 5.41 Å². The second-order valence-corrected chi connectivity index (χ2v) is 9.08. The van der Waals surface area contributed by atoms with Crippen LogP contribution in [0.15, 0.2) is 121 Å². The molecule has 0 saturated carbocycles. The Morgan fingerprint density at radius 1 is 0.486 bits per heavy atom. The van der Waals surface area contributed by atoms with E-state index in [9.17, 15) is 9.59 Å². The van der Waals surface area contributed by atoms with Crippen LogP contribution in [0.25, 0.3) is 0 Å². The molecule has 0 unspecified atom stereocenters. The van der Waals surface area contributed by atoms with Crippen molar-refractivity contribution in [3.05, 3.63) is 144 Å². The van der Waals surface area contributed by atoms with Gasteiger partial charge in [-0.05, 0) is 36.1 Å². The average molecular weight is 463 g/mol. The summed E-state index contributed by atoms with van der Waals surface area (Å²) in [6.07, 6.45) is 0.